The van der Waals surface area contributed by atoms with E-state index in [9.17, 15) is 14.0 Å². The third-order valence-corrected chi connectivity index (χ3v) is 5.33. The molecular formula is C23H26FNO3. The Morgan fingerprint density at radius 3 is 2.21 bits per heavy atom. The summed E-state index contributed by atoms with van der Waals surface area (Å²) >= 11 is 0. The molecule has 4 nitrogen and oxygen atoms in total. The number of carbonyl (C=O) groups excluding carboxylic acids is 2. The summed E-state index contributed by atoms with van der Waals surface area (Å²) in [4.78, 5) is 25.4. The predicted molar refractivity (Wildman–Crippen MR) is 106 cm³/mol. The molecule has 5 heteroatoms. The van der Waals surface area contributed by atoms with Crippen LogP contribution >= 0.6 is 0 Å². The van der Waals surface area contributed by atoms with Gasteiger partial charge in [-0.25, -0.2) is 4.39 Å². The van der Waals surface area contributed by atoms with Crippen molar-refractivity contribution in [3.05, 3.63) is 65.5 Å². The standard InChI is InChI=1S/C23H26FNO3/c1-2-16-9-13-19(14-10-16)25-22(26)20-5-3-4-6-21(20)23(27)28-15-17-7-11-18(24)12-8-17/h7-14,20-21H,2-6,15H2,1H3,(H,25,26)/t20-,21+/m1/s1. The van der Waals surface area contributed by atoms with Gasteiger partial charge < -0.3 is 10.1 Å². The van der Waals surface area contributed by atoms with Gasteiger partial charge in [0, 0.05) is 5.69 Å². The number of anilines is 1. The van der Waals surface area contributed by atoms with Crippen molar-refractivity contribution in [2.75, 3.05) is 5.32 Å². The Morgan fingerprint density at radius 1 is 0.964 bits per heavy atom. The zero-order valence-electron chi connectivity index (χ0n) is 16.1. The molecule has 1 saturated carbocycles. The first-order valence-corrected chi connectivity index (χ1v) is 9.87. The van der Waals surface area contributed by atoms with Crippen molar-refractivity contribution in [3.63, 3.8) is 0 Å². The second-order valence-electron chi connectivity index (χ2n) is 7.27. The molecule has 1 aliphatic rings. The number of hydrogen-bond acceptors (Lipinski definition) is 3. The number of hydrogen-bond donors (Lipinski definition) is 1. The highest BCUT2D eigenvalue weighted by Gasteiger charge is 2.36. The Hall–Kier alpha value is -2.69. The van der Waals surface area contributed by atoms with Gasteiger partial charge in [0.25, 0.3) is 0 Å². The van der Waals surface area contributed by atoms with Crippen molar-refractivity contribution in [3.8, 4) is 0 Å². The smallest absolute Gasteiger partial charge is 0.310 e. The zero-order chi connectivity index (χ0) is 19.9. The number of aryl methyl sites for hydroxylation is 1. The van der Waals surface area contributed by atoms with Gasteiger partial charge >= 0.3 is 5.97 Å². The highest BCUT2D eigenvalue weighted by Crippen LogP contribution is 2.32. The number of nitrogens with one attached hydrogen (secondary N) is 1. The second kappa shape index (κ2) is 9.49. The van der Waals surface area contributed by atoms with Crippen LogP contribution < -0.4 is 5.32 Å². The third-order valence-electron chi connectivity index (χ3n) is 5.33. The van der Waals surface area contributed by atoms with Crippen molar-refractivity contribution in [1.82, 2.24) is 0 Å². The summed E-state index contributed by atoms with van der Waals surface area (Å²) in [5.41, 5.74) is 2.67. The van der Waals surface area contributed by atoms with E-state index in [1.807, 2.05) is 24.3 Å². The van der Waals surface area contributed by atoms with Crippen LogP contribution in [0.5, 0.6) is 0 Å². The van der Waals surface area contributed by atoms with Gasteiger partial charge in [0.1, 0.15) is 12.4 Å². The summed E-state index contributed by atoms with van der Waals surface area (Å²) in [7, 11) is 0. The fourth-order valence-electron chi connectivity index (χ4n) is 3.63. The fourth-order valence-corrected chi connectivity index (χ4v) is 3.63. The minimum atomic E-state index is -0.441. The van der Waals surface area contributed by atoms with E-state index in [2.05, 4.69) is 12.2 Å². The number of esters is 1. The van der Waals surface area contributed by atoms with E-state index in [0.717, 1.165) is 30.5 Å². The van der Waals surface area contributed by atoms with E-state index < -0.39 is 5.92 Å². The number of amides is 1. The Labute approximate surface area is 165 Å². The summed E-state index contributed by atoms with van der Waals surface area (Å²) in [6, 6.07) is 13.6. The SMILES string of the molecule is CCc1ccc(NC(=O)[C@@H]2CCCC[C@@H]2C(=O)OCc2ccc(F)cc2)cc1. The van der Waals surface area contributed by atoms with Crippen LogP contribution in [0.2, 0.25) is 0 Å². The first-order valence-electron chi connectivity index (χ1n) is 9.87. The van der Waals surface area contributed by atoms with Crippen LogP contribution in [0.25, 0.3) is 0 Å². The molecule has 0 bridgehead atoms. The summed E-state index contributed by atoms with van der Waals surface area (Å²) < 4.78 is 18.4. The van der Waals surface area contributed by atoms with Crippen LogP contribution in [0, 0.1) is 17.7 Å². The molecule has 0 heterocycles. The highest BCUT2D eigenvalue weighted by atomic mass is 19.1. The lowest BCUT2D eigenvalue weighted by atomic mass is 9.78. The van der Waals surface area contributed by atoms with E-state index in [1.54, 1.807) is 12.1 Å². The van der Waals surface area contributed by atoms with E-state index in [0.29, 0.717) is 12.8 Å². The molecule has 2 aromatic rings. The van der Waals surface area contributed by atoms with Crippen molar-refractivity contribution in [2.24, 2.45) is 11.8 Å². The Morgan fingerprint density at radius 2 is 1.57 bits per heavy atom. The molecule has 0 saturated heterocycles. The van der Waals surface area contributed by atoms with Crippen molar-refractivity contribution in [1.29, 1.82) is 0 Å². The van der Waals surface area contributed by atoms with Crippen LogP contribution in [0.3, 0.4) is 0 Å². The largest absolute Gasteiger partial charge is 0.461 e. The normalized spacial score (nSPS) is 19.1. The molecule has 0 unspecified atom stereocenters. The predicted octanol–water partition coefficient (Wildman–Crippen LogP) is 4.88. The summed E-state index contributed by atoms with van der Waals surface area (Å²) in [6.45, 7) is 2.17. The first kappa shape index (κ1) is 20.1. The quantitative estimate of drug-likeness (QED) is 0.724. The molecule has 28 heavy (non-hydrogen) atoms. The Kier molecular flexibility index (Phi) is 6.80. The average molecular weight is 383 g/mol. The van der Waals surface area contributed by atoms with E-state index in [1.165, 1.54) is 17.7 Å². The number of benzene rings is 2. The number of ether oxygens (including phenoxy) is 1. The summed E-state index contributed by atoms with van der Waals surface area (Å²) in [5.74, 6) is -1.64. The van der Waals surface area contributed by atoms with Gasteiger partial charge in [-0.1, -0.05) is 44.0 Å². The second-order valence-corrected chi connectivity index (χ2v) is 7.27. The zero-order valence-corrected chi connectivity index (χ0v) is 16.1. The minimum Gasteiger partial charge on any atom is -0.461 e. The molecule has 0 aliphatic heterocycles. The van der Waals surface area contributed by atoms with Crippen LogP contribution in [-0.2, 0) is 27.4 Å². The minimum absolute atomic E-state index is 0.0857. The molecule has 1 N–H and O–H groups in total. The summed E-state index contributed by atoms with van der Waals surface area (Å²) in [6.07, 6.45) is 4.10. The van der Waals surface area contributed by atoms with Gasteiger partial charge in [0.2, 0.25) is 5.91 Å². The maximum Gasteiger partial charge on any atom is 0.310 e. The topological polar surface area (TPSA) is 55.4 Å². The molecule has 2 aromatic carbocycles. The van der Waals surface area contributed by atoms with Crippen LogP contribution in [0.4, 0.5) is 10.1 Å². The highest BCUT2D eigenvalue weighted by molar-refractivity contribution is 5.95. The lowest BCUT2D eigenvalue weighted by Gasteiger charge is -2.29. The molecule has 1 amide bonds. The van der Waals surface area contributed by atoms with Crippen molar-refractivity contribution in [2.45, 2.75) is 45.6 Å². The third kappa shape index (κ3) is 5.18. The fraction of sp³-hybridized carbons (Fsp3) is 0.391. The van der Waals surface area contributed by atoms with Crippen molar-refractivity contribution < 1.29 is 18.7 Å². The number of halogens is 1. The van der Waals surface area contributed by atoms with Gasteiger partial charge in [-0.2, -0.15) is 0 Å². The van der Waals surface area contributed by atoms with E-state index in [-0.39, 0.29) is 30.2 Å². The summed E-state index contributed by atoms with van der Waals surface area (Å²) in [5, 5.41) is 2.94. The van der Waals surface area contributed by atoms with Gasteiger partial charge in [0.15, 0.2) is 0 Å². The maximum absolute atomic E-state index is 13.0. The Balaban J connectivity index is 1.60. The molecule has 0 radical (unpaired) electrons. The molecule has 148 valence electrons. The lowest BCUT2D eigenvalue weighted by Crippen LogP contribution is -2.37. The maximum atomic E-state index is 13.0. The van der Waals surface area contributed by atoms with Crippen LogP contribution in [0.1, 0.15) is 43.7 Å². The van der Waals surface area contributed by atoms with Gasteiger partial charge in [-0.3, -0.25) is 9.59 Å². The Bertz CT molecular complexity index is 802. The van der Waals surface area contributed by atoms with Gasteiger partial charge in [-0.15, -0.1) is 0 Å². The number of rotatable bonds is 6. The number of carbonyl (C=O) groups is 2. The molecule has 2 atom stereocenters. The van der Waals surface area contributed by atoms with E-state index >= 15 is 0 Å². The first-order chi connectivity index (χ1) is 13.6. The monoisotopic (exact) mass is 383 g/mol. The van der Waals surface area contributed by atoms with Crippen LogP contribution in [0.15, 0.2) is 48.5 Å². The average Bonchev–Trinajstić information content (AvgIpc) is 2.73. The van der Waals surface area contributed by atoms with E-state index in [4.69, 9.17) is 4.74 Å². The van der Waals surface area contributed by atoms with Crippen molar-refractivity contribution >= 4 is 17.6 Å². The van der Waals surface area contributed by atoms with Gasteiger partial charge in [-0.05, 0) is 54.7 Å². The van der Waals surface area contributed by atoms with Crippen LogP contribution in [-0.4, -0.2) is 11.9 Å². The molecular weight excluding hydrogens is 357 g/mol. The molecule has 3 rings (SSSR count). The molecule has 0 aromatic heterocycles. The lowest BCUT2D eigenvalue weighted by molar-refractivity contribution is -0.155. The van der Waals surface area contributed by atoms with Gasteiger partial charge in [0.05, 0.1) is 11.8 Å². The molecule has 1 fully saturated rings. The molecule has 1 aliphatic carbocycles. The molecule has 0 spiro atoms.